The van der Waals surface area contributed by atoms with Crippen molar-refractivity contribution in [1.29, 1.82) is 0 Å². The Morgan fingerprint density at radius 3 is 1.56 bits per heavy atom. The molecule has 0 saturated heterocycles. The molecule has 0 radical (unpaired) electrons. The first-order chi connectivity index (χ1) is 7.70. The van der Waals surface area contributed by atoms with Crippen LogP contribution in [-0.2, 0) is 0 Å². The summed E-state index contributed by atoms with van der Waals surface area (Å²) in [6.45, 7) is 4.32. The highest BCUT2D eigenvalue weighted by Gasteiger charge is 2.07. The lowest BCUT2D eigenvalue weighted by molar-refractivity contribution is 0.121. The number of rotatable bonds is 11. The fraction of sp³-hybridized carbons (Fsp3) is 1.00. The Bertz CT molecular complexity index is 137. The molecule has 0 spiro atoms. The van der Waals surface area contributed by atoms with Gasteiger partial charge < -0.3 is 10.2 Å². The van der Waals surface area contributed by atoms with Gasteiger partial charge in [0, 0.05) is 0 Å². The first kappa shape index (κ1) is 15.9. The van der Waals surface area contributed by atoms with Crippen molar-refractivity contribution >= 4 is 0 Å². The predicted octanol–water partition coefficient (Wildman–Crippen LogP) is 3.65. The maximum Gasteiger partial charge on any atom is 0.0540 e. The van der Waals surface area contributed by atoms with Crippen molar-refractivity contribution in [3.05, 3.63) is 0 Å². The zero-order chi connectivity index (χ0) is 12.2. The van der Waals surface area contributed by atoms with Crippen molar-refractivity contribution in [2.75, 3.05) is 0 Å². The van der Waals surface area contributed by atoms with Gasteiger partial charge in [0.2, 0.25) is 0 Å². The highest BCUT2D eigenvalue weighted by molar-refractivity contribution is 4.60. The highest BCUT2D eigenvalue weighted by Crippen LogP contribution is 2.13. The molecule has 2 heteroatoms. The summed E-state index contributed by atoms with van der Waals surface area (Å²) in [6.07, 6.45) is 10.0. The fourth-order valence-electron chi connectivity index (χ4n) is 1.95. The van der Waals surface area contributed by atoms with Gasteiger partial charge >= 0.3 is 0 Å². The van der Waals surface area contributed by atoms with E-state index in [2.05, 4.69) is 13.8 Å². The highest BCUT2D eigenvalue weighted by atomic mass is 16.3. The lowest BCUT2D eigenvalue weighted by Crippen LogP contribution is -2.10. The number of hydrogen-bond acceptors (Lipinski definition) is 2. The Morgan fingerprint density at radius 2 is 1.06 bits per heavy atom. The summed E-state index contributed by atoms with van der Waals surface area (Å²) in [5, 5.41) is 19.3. The summed E-state index contributed by atoms with van der Waals surface area (Å²) < 4.78 is 0. The molecule has 2 N–H and O–H groups in total. The molecular weight excluding hydrogens is 200 g/mol. The maximum absolute atomic E-state index is 9.68. The molecule has 0 amide bonds. The second-order valence-electron chi connectivity index (χ2n) is 4.88. The van der Waals surface area contributed by atoms with Crippen LogP contribution < -0.4 is 0 Å². The van der Waals surface area contributed by atoms with E-state index in [9.17, 15) is 10.2 Å². The van der Waals surface area contributed by atoms with Crippen LogP contribution in [0.25, 0.3) is 0 Å². The van der Waals surface area contributed by atoms with Crippen molar-refractivity contribution in [2.24, 2.45) is 0 Å². The second-order valence-corrected chi connectivity index (χ2v) is 4.88. The molecule has 2 atom stereocenters. The Kier molecular flexibility index (Phi) is 11.3. The van der Waals surface area contributed by atoms with Gasteiger partial charge in [-0.1, -0.05) is 46.0 Å². The van der Waals surface area contributed by atoms with Gasteiger partial charge in [-0.05, 0) is 32.1 Å². The van der Waals surface area contributed by atoms with E-state index in [4.69, 9.17) is 0 Å². The predicted molar refractivity (Wildman–Crippen MR) is 69.5 cm³/mol. The molecule has 0 heterocycles. The third-order valence-electron chi connectivity index (χ3n) is 3.11. The quantitative estimate of drug-likeness (QED) is 0.532. The number of aliphatic hydroxyl groups excluding tert-OH is 2. The van der Waals surface area contributed by atoms with Gasteiger partial charge in [0.1, 0.15) is 0 Å². The summed E-state index contributed by atoms with van der Waals surface area (Å²) in [7, 11) is 0. The van der Waals surface area contributed by atoms with Gasteiger partial charge in [0.05, 0.1) is 12.2 Å². The van der Waals surface area contributed by atoms with Crippen LogP contribution >= 0.6 is 0 Å². The number of hydrogen-bond donors (Lipinski definition) is 2. The van der Waals surface area contributed by atoms with Crippen LogP contribution in [0.15, 0.2) is 0 Å². The van der Waals surface area contributed by atoms with Crippen LogP contribution in [0.4, 0.5) is 0 Å². The standard InChI is InChI=1S/C14H30O2/c1-3-5-7-10-14(16)12-8-11-13(15)9-6-4-2/h13-16H,3-12H2,1-2H3. The smallest absolute Gasteiger partial charge is 0.0540 e. The summed E-state index contributed by atoms with van der Waals surface area (Å²) in [5.74, 6) is 0. The molecule has 98 valence electrons. The Labute approximate surface area is 101 Å². The van der Waals surface area contributed by atoms with E-state index < -0.39 is 0 Å². The van der Waals surface area contributed by atoms with Crippen LogP contribution in [-0.4, -0.2) is 22.4 Å². The van der Waals surface area contributed by atoms with Gasteiger partial charge in [0.15, 0.2) is 0 Å². The minimum Gasteiger partial charge on any atom is -0.393 e. The Hall–Kier alpha value is -0.0800. The molecule has 0 aliphatic heterocycles. The maximum atomic E-state index is 9.68. The van der Waals surface area contributed by atoms with E-state index in [0.717, 1.165) is 51.4 Å². The molecule has 0 aromatic heterocycles. The van der Waals surface area contributed by atoms with Crippen LogP contribution in [0, 0.1) is 0 Å². The van der Waals surface area contributed by atoms with E-state index in [-0.39, 0.29) is 12.2 Å². The van der Waals surface area contributed by atoms with E-state index in [1.54, 1.807) is 0 Å². The van der Waals surface area contributed by atoms with Crippen molar-refractivity contribution in [3.63, 3.8) is 0 Å². The lowest BCUT2D eigenvalue weighted by Gasteiger charge is -2.12. The molecule has 0 saturated carbocycles. The molecule has 2 unspecified atom stereocenters. The van der Waals surface area contributed by atoms with Gasteiger partial charge in [-0.3, -0.25) is 0 Å². The molecule has 2 nitrogen and oxygen atoms in total. The fourth-order valence-corrected chi connectivity index (χ4v) is 1.95. The van der Waals surface area contributed by atoms with E-state index >= 15 is 0 Å². The summed E-state index contributed by atoms with van der Waals surface area (Å²) in [6, 6.07) is 0. The van der Waals surface area contributed by atoms with Crippen molar-refractivity contribution in [2.45, 2.75) is 90.3 Å². The first-order valence-corrected chi connectivity index (χ1v) is 7.06. The SMILES string of the molecule is CCCCCC(O)CCCC(O)CCCC. The minimum absolute atomic E-state index is 0.148. The van der Waals surface area contributed by atoms with E-state index in [1.807, 2.05) is 0 Å². The first-order valence-electron chi connectivity index (χ1n) is 7.06. The van der Waals surface area contributed by atoms with Crippen LogP contribution in [0.5, 0.6) is 0 Å². The molecule has 0 rings (SSSR count). The zero-order valence-electron chi connectivity index (χ0n) is 11.1. The molecular formula is C14H30O2. The molecule has 0 bridgehead atoms. The number of unbranched alkanes of at least 4 members (excludes halogenated alkanes) is 3. The largest absolute Gasteiger partial charge is 0.393 e. The van der Waals surface area contributed by atoms with E-state index in [0.29, 0.717) is 0 Å². The third kappa shape index (κ3) is 10.4. The van der Waals surface area contributed by atoms with Gasteiger partial charge in [-0.15, -0.1) is 0 Å². The Morgan fingerprint density at radius 1 is 0.625 bits per heavy atom. The van der Waals surface area contributed by atoms with Crippen LogP contribution in [0.2, 0.25) is 0 Å². The average molecular weight is 230 g/mol. The number of aliphatic hydroxyl groups is 2. The monoisotopic (exact) mass is 230 g/mol. The van der Waals surface area contributed by atoms with Gasteiger partial charge in [-0.2, -0.15) is 0 Å². The summed E-state index contributed by atoms with van der Waals surface area (Å²) in [4.78, 5) is 0. The molecule has 0 aromatic rings. The van der Waals surface area contributed by atoms with E-state index in [1.165, 1.54) is 12.8 Å². The zero-order valence-corrected chi connectivity index (χ0v) is 11.1. The van der Waals surface area contributed by atoms with Crippen molar-refractivity contribution in [3.8, 4) is 0 Å². The summed E-state index contributed by atoms with van der Waals surface area (Å²) in [5.41, 5.74) is 0. The molecule has 0 fully saturated rings. The lowest BCUT2D eigenvalue weighted by atomic mass is 10.0. The molecule has 0 aliphatic rings. The normalized spacial score (nSPS) is 15.0. The van der Waals surface area contributed by atoms with Gasteiger partial charge in [-0.25, -0.2) is 0 Å². The van der Waals surface area contributed by atoms with Gasteiger partial charge in [0.25, 0.3) is 0 Å². The third-order valence-corrected chi connectivity index (χ3v) is 3.11. The van der Waals surface area contributed by atoms with Crippen LogP contribution in [0.3, 0.4) is 0 Å². The molecule has 0 aromatic carbocycles. The van der Waals surface area contributed by atoms with Crippen molar-refractivity contribution in [1.82, 2.24) is 0 Å². The second kappa shape index (κ2) is 11.4. The molecule has 16 heavy (non-hydrogen) atoms. The van der Waals surface area contributed by atoms with Crippen molar-refractivity contribution < 1.29 is 10.2 Å². The van der Waals surface area contributed by atoms with Crippen LogP contribution in [0.1, 0.15) is 78.1 Å². The summed E-state index contributed by atoms with van der Waals surface area (Å²) >= 11 is 0. The minimum atomic E-state index is -0.150. The molecule has 0 aliphatic carbocycles. The average Bonchev–Trinajstić information content (AvgIpc) is 2.26. The topological polar surface area (TPSA) is 40.5 Å². The Balaban J connectivity index is 3.28.